The van der Waals surface area contributed by atoms with E-state index in [1.165, 1.54) is 12.8 Å². The van der Waals surface area contributed by atoms with Crippen molar-refractivity contribution in [1.82, 2.24) is 0 Å². The van der Waals surface area contributed by atoms with Crippen LogP contribution in [0, 0.1) is 0 Å². The fourth-order valence-electron chi connectivity index (χ4n) is 2.47. The Hall–Kier alpha value is -1.58. The van der Waals surface area contributed by atoms with Crippen molar-refractivity contribution in [1.29, 1.82) is 0 Å². The lowest BCUT2D eigenvalue weighted by Crippen LogP contribution is -1.93. The van der Waals surface area contributed by atoms with Gasteiger partial charge in [0, 0.05) is 12.8 Å². The largest absolute Gasteiger partial charge is 0.481 e. The first-order chi connectivity index (χ1) is 11.6. The molecule has 2 N–H and O–H groups in total. The van der Waals surface area contributed by atoms with Gasteiger partial charge in [-0.1, -0.05) is 56.4 Å². The summed E-state index contributed by atoms with van der Waals surface area (Å²) in [4.78, 5) is 20.7. The van der Waals surface area contributed by atoms with E-state index < -0.39 is 11.9 Å². The van der Waals surface area contributed by atoms with Gasteiger partial charge in [0.1, 0.15) is 0 Å². The maximum absolute atomic E-state index is 10.3. The zero-order valence-corrected chi connectivity index (χ0v) is 14.9. The average molecular weight is 338 g/mol. The highest BCUT2D eigenvalue weighted by Crippen LogP contribution is 2.08. The van der Waals surface area contributed by atoms with Gasteiger partial charge in [-0.3, -0.25) is 9.59 Å². The highest BCUT2D eigenvalue weighted by atomic mass is 16.4. The summed E-state index contributed by atoms with van der Waals surface area (Å²) in [6.45, 7) is 0. The first-order valence-electron chi connectivity index (χ1n) is 9.36. The smallest absolute Gasteiger partial charge is 0.303 e. The SMILES string of the molecule is O=C(O)CCCCCCC=CCC=CCCCCCCCC(=O)O. The minimum Gasteiger partial charge on any atom is -0.481 e. The van der Waals surface area contributed by atoms with E-state index in [4.69, 9.17) is 10.2 Å². The fraction of sp³-hybridized carbons (Fsp3) is 0.700. The number of rotatable bonds is 17. The molecule has 0 unspecified atom stereocenters. The molecule has 0 heterocycles. The Morgan fingerprint density at radius 3 is 1.33 bits per heavy atom. The zero-order valence-electron chi connectivity index (χ0n) is 14.9. The van der Waals surface area contributed by atoms with Crippen LogP contribution in [-0.4, -0.2) is 22.2 Å². The van der Waals surface area contributed by atoms with Gasteiger partial charge in [-0.2, -0.15) is 0 Å². The number of aliphatic carboxylic acids is 2. The van der Waals surface area contributed by atoms with Gasteiger partial charge in [-0.25, -0.2) is 0 Å². The average Bonchev–Trinajstić information content (AvgIpc) is 2.53. The van der Waals surface area contributed by atoms with Crippen LogP contribution >= 0.6 is 0 Å². The number of hydrogen-bond donors (Lipinski definition) is 2. The number of carboxylic acid groups (broad SMARTS) is 2. The van der Waals surface area contributed by atoms with Crippen LogP contribution in [0.2, 0.25) is 0 Å². The van der Waals surface area contributed by atoms with Crippen molar-refractivity contribution in [3.63, 3.8) is 0 Å². The van der Waals surface area contributed by atoms with Crippen LogP contribution in [0.5, 0.6) is 0 Å². The molecule has 0 bridgehead atoms. The molecule has 0 aromatic rings. The van der Waals surface area contributed by atoms with Gasteiger partial charge in [0.15, 0.2) is 0 Å². The molecule has 0 amide bonds. The van der Waals surface area contributed by atoms with E-state index in [2.05, 4.69) is 24.3 Å². The fourth-order valence-corrected chi connectivity index (χ4v) is 2.47. The zero-order chi connectivity index (χ0) is 17.9. The molecule has 138 valence electrons. The molecular formula is C20H34O4. The highest BCUT2D eigenvalue weighted by Gasteiger charge is 1.96. The Morgan fingerprint density at radius 1 is 0.542 bits per heavy atom. The van der Waals surface area contributed by atoms with Crippen molar-refractivity contribution in [3.05, 3.63) is 24.3 Å². The Labute approximate surface area is 146 Å². The Balaban J connectivity index is 3.22. The highest BCUT2D eigenvalue weighted by molar-refractivity contribution is 5.66. The molecule has 0 spiro atoms. The molecule has 0 aliphatic carbocycles. The quantitative estimate of drug-likeness (QED) is 0.262. The van der Waals surface area contributed by atoms with Crippen molar-refractivity contribution in [2.24, 2.45) is 0 Å². The first-order valence-corrected chi connectivity index (χ1v) is 9.36. The summed E-state index contributed by atoms with van der Waals surface area (Å²) >= 11 is 0. The summed E-state index contributed by atoms with van der Waals surface area (Å²) in [6.07, 6.45) is 22.0. The third-order valence-corrected chi connectivity index (χ3v) is 3.88. The maximum Gasteiger partial charge on any atom is 0.303 e. The van der Waals surface area contributed by atoms with Crippen LogP contribution in [-0.2, 0) is 9.59 Å². The molecule has 4 heteroatoms. The monoisotopic (exact) mass is 338 g/mol. The number of hydrogen-bond acceptors (Lipinski definition) is 2. The van der Waals surface area contributed by atoms with Crippen molar-refractivity contribution >= 4 is 11.9 Å². The molecule has 0 aromatic carbocycles. The molecule has 0 saturated heterocycles. The Kier molecular flexibility index (Phi) is 16.6. The van der Waals surface area contributed by atoms with Gasteiger partial charge < -0.3 is 10.2 Å². The molecular weight excluding hydrogens is 304 g/mol. The van der Waals surface area contributed by atoms with Gasteiger partial charge in [0.2, 0.25) is 0 Å². The molecule has 24 heavy (non-hydrogen) atoms. The number of unbranched alkanes of at least 4 members (excludes halogenated alkanes) is 9. The third kappa shape index (κ3) is 20.4. The third-order valence-electron chi connectivity index (χ3n) is 3.88. The van der Waals surface area contributed by atoms with E-state index >= 15 is 0 Å². The van der Waals surface area contributed by atoms with Crippen LogP contribution in [0.25, 0.3) is 0 Å². The molecule has 0 saturated carbocycles. The van der Waals surface area contributed by atoms with E-state index in [1.54, 1.807) is 0 Å². The molecule has 0 aliphatic heterocycles. The molecule has 0 rings (SSSR count). The standard InChI is InChI=1S/C20H34O4/c21-19(22)17-15-13-11-9-7-5-3-1-2-4-6-8-10-12-14-16-18-20(23)24/h1,3-4,6H,2,5,7-18H2,(H,21,22)(H,23,24). The van der Waals surface area contributed by atoms with Crippen molar-refractivity contribution in [3.8, 4) is 0 Å². The van der Waals surface area contributed by atoms with Gasteiger partial charge >= 0.3 is 11.9 Å². The molecule has 0 atom stereocenters. The summed E-state index contributed by atoms with van der Waals surface area (Å²) in [5.74, 6) is -1.39. The number of carbonyl (C=O) groups is 2. The predicted molar refractivity (Wildman–Crippen MR) is 98.2 cm³/mol. The van der Waals surface area contributed by atoms with E-state index in [1.807, 2.05) is 0 Å². The second-order valence-corrected chi connectivity index (χ2v) is 6.23. The van der Waals surface area contributed by atoms with Gasteiger partial charge in [0.25, 0.3) is 0 Å². The molecule has 0 aliphatic rings. The molecule has 0 fully saturated rings. The lowest BCUT2D eigenvalue weighted by Gasteiger charge is -1.98. The lowest BCUT2D eigenvalue weighted by molar-refractivity contribution is -0.138. The van der Waals surface area contributed by atoms with Crippen LogP contribution in [0.4, 0.5) is 0 Å². The molecule has 0 aromatic heterocycles. The second-order valence-electron chi connectivity index (χ2n) is 6.23. The van der Waals surface area contributed by atoms with Crippen LogP contribution < -0.4 is 0 Å². The van der Waals surface area contributed by atoms with E-state index in [0.29, 0.717) is 12.8 Å². The van der Waals surface area contributed by atoms with Crippen molar-refractivity contribution < 1.29 is 19.8 Å². The van der Waals surface area contributed by atoms with E-state index in [0.717, 1.165) is 64.2 Å². The summed E-state index contributed by atoms with van der Waals surface area (Å²) in [5.41, 5.74) is 0. The minimum atomic E-state index is -0.695. The maximum atomic E-state index is 10.3. The number of allylic oxidation sites excluding steroid dienone is 4. The second kappa shape index (κ2) is 17.8. The van der Waals surface area contributed by atoms with Gasteiger partial charge in [-0.15, -0.1) is 0 Å². The topological polar surface area (TPSA) is 74.6 Å². The van der Waals surface area contributed by atoms with Gasteiger partial charge in [-0.05, 0) is 44.9 Å². The first kappa shape index (κ1) is 22.4. The van der Waals surface area contributed by atoms with Crippen LogP contribution in [0.1, 0.15) is 89.9 Å². The van der Waals surface area contributed by atoms with Crippen LogP contribution in [0.15, 0.2) is 24.3 Å². The normalized spacial score (nSPS) is 11.5. The van der Waals surface area contributed by atoms with Crippen molar-refractivity contribution in [2.75, 3.05) is 0 Å². The van der Waals surface area contributed by atoms with Gasteiger partial charge in [0.05, 0.1) is 0 Å². The summed E-state index contributed by atoms with van der Waals surface area (Å²) in [6, 6.07) is 0. The van der Waals surface area contributed by atoms with E-state index in [-0.39, 0.29) is 0 Å². The summed E-state index contributed by atoms with van der Waals surface area (Å²) < 4.78 is 0. The predicted octanol–water partition coefficient (Wildman–Crippen LogP) is 5.73. The minimum absolute atomic E-state index is 0.295. The Morgan fingerprint density at radius 2 is 0.917 bits per heavy atom. The summed E-state index contributed by atoms with van der Waals surface area (Å²) in [5, 5.41) is 17.0. The van der Waals surface area contributed by atoms with Crippen molar-refractivity contribution in [2.45, 2.75) is 89.9 Å². The van der Waals surface area contributed by atoms with E-state index in [9.17, 15) is 9.59 Å². The molecule has 4 nitrogen and oxygen atoms in total. The van der Waals surface area contributed by atoms with Crippen LogP contribution in [0.3, 0.4) is 0 Å². The number of carboxylic acids is 2. The molecule has 0 radical (unpaired) electrons. The Bertz CT molecular complexity index is 372. The summed E-state index contributed by atoms with van der Waals surface area (Å²) in [7, 11) is 0. The lowest BCUT2D eigenvalue weighted by atomic mass is 10.1.